The average Bonchev–Trinajstić information content (AvgIpc) is 3.25. The SMILES string of the molecule is COc1ccc(C2=NOC(C(=O)N3CCN(Cc4ccccc4)CC3)C2)cc1. The highest BCUT2D eigenvalue weighted by Crippen LogP contribution is 2.21. The number of benzene rings is 2. The summed E-state index contributed by atoms with van der Waals surface area (Å²) in [5.41, 5.74) is 3.08. The molecule has 2 aromatic carbocycles. The van der Waals surface area contributed by atoms with Crippen molar-refractivity contribution in [3.8, 4) is 5.75 Å². The summed E-state index contributed by atoms with van der Waals surface area (Å²) in [6.45, 7) is 4.12. The molecule has 1 fully saturated rings. The third-order valence-corrected chi connectivity index (χ3v) is 5.30. The predicted molar refractivity (Wildman–Crippen MR) is 107 cm³/mol. The Kier molecular flexibility index (Phi) is 5.58. The highest BCUT2D eigenvalue weighted by molar-refractivity contribution is 6.04. The summed E-state index contributed by atoms with van der Waals surface area (Å²) in [5.74, 6) is 0.830. The summed E-state index contributed by atoms with van der Waals surface area (Å²) in [5, 5.41) is 4.15. The molecule has 28 heavy (non-hydrogen) atoms. The molecule has 6 nitrogen and oxygen atoms in total. The Morgan fingerprint density at radius 2 is 1.79 bits per heavy atom. The van der Waals surface area contributed by atoms with Crippen LogP contribution in [0.15, 0.2) is 59.8 Å². The zero-order valence-electron chi connectivity index (χ0n) is 16.1. The van der Waals surface area contributed by atoms with Gasteiger partial charge in [0, 0.05) is 39.1 Å². The number of rotatable bonds is 5. The van der Waals surface area contributed by atoms with Gasteiger partial charge in [-0.05, 0) is 35.4 Å². The van der Waals surface area contributed by atoms with Crippen molar-refractivity contribution in [2.24, 2.45) is 5.16 Å². The van der Waals surface area contributed by atoms with Crippen LogP contribution in [-0.2, 0) is 16.2 Å². The van der Waals surface area contributed by atoms with E-state index in [2.05, 4.69) is 34.3 Å². The largest absolute Gasteiger partial charge is 0.497 e. The highest BCUT2D eigenvalue weighted by atomic mass is 16.6. The quantitative estimate of drug-likeness (QED) is 0.801. The fourth-order valence-electron chi connectivity index (χ4n) is 3.64. The Balaban J connectivity index is 1.28. The lowest BCUT2D eigenvalue weighted by Gasteiger charge is -2.35. The maximum atomic E-state index is 12.8. The molecule has 1 atom stereocenters. The van der Waals surface area contributed by atoms with Crippen LogP contribution in [0.5, 0.6) is 5.75 Å². The van der Waals surface area contributed by atoms with E-state index in [-0.39, 0.29) is 5.91 Å². The van der Waals surface area contributed by atoms with Gasteiger partial charge in [0.05, 0.1) is 12.8 Å². The number of ether oxygens (including phenoxy) is 1. The number of carbonyl (C=O) groups is 1. The van der Waals surface area contributed by atoms with Gasteiger partial charge in [0.15, 0.2) is 0 Å². The summed E-state index contributed by atoms with van der Waals surface area (Å²) in [6.07, 6.45) is -0.00663. The Hall–Kier alpha value is -2.86. The van der Waals surface area contributed by atoms with Gasteiger partial charge in [-0.1, -0.05) is 35.5 Å². The second-order valence-corrected chi connectivity index (χ2v) is 7.15. The van der Waals surface area contributed by atoms with Gasteiger partial charge >= 0.3 is 0 Å². The number of piperazine rings is 1. The topological polar surface area (TPSA) is 54.4 Å². The van der Waals surface area contributed by atoms with Crippen LogP contribution in [0.4, 0.5) is 0 Å². The van der Waals surface area contributed by atoms with Crippen molar-refractivity contribution in [3.63, 3.8) is 0 Å². The molecule has 6 heteroatoms. The number of nitrogens with zero attached hydrogens (tertiary/aromatic N) is 3. The molecule has 2 aliphatic rings. The number of amides is 1. The van der Waals surface area contributed by atoms with Gasteiger partial charge in [-0.3, -0.25) is 9.69 Å². The van der Waals surface area contributed by atoms with Crippen LogP contribution in [0.3, 0.4) is 0 Å². The van der Waals surface area contributed by atoms with Gasteiger partial charge in [-0.2, -0.15) is 0 Å². The van der Waals surface area contributed by atoms with Crippen molar-refractivity contribution < 1.29 is 14.4 Å². The van der Waals surface area contributed by atoms with E-state index in [0.29, 0.717) is 6.42 Å². The van der Waals surface area contributed by atoms with Crippen molar-refractivity contribution in [2.45, 2.75) is 19.1 Å². The van der Waals surface area contributed by atoms with Crippen LogP contribution in [0.2, 0.25) is 0 Å². The van der Waals surface area contributed by atoms with Gasteiger partial charge in [0.1, 0.15) is 5.75 Å². The maximum Gasteiger partial charge on any atom is 0.266 e. The van der Waals surface area contributed by atoms with Gasteiger partial charge in [0.25, 0.3) is 5.91 Å². The van der Waals surface area contributed by atoms with E-state index in [1.54, 1.807) is 7.11 Å². The molecule has 2 aliphatic heterocycles. The summed E-state index contributed by atoms with van der Waals surface area (Å²) in [6, 6.07) is 18.1. The standard InChI is InChI=1S/C22H25N3O3/c1-27-19-9-7-18(8-10-19)20-15-21(28-23-20)22(26)25-13-11-24(12-14-25)16-17-5-3-2-4-6-17/h2-10,21H,11-16H2,1H3. The Labute approximate surface area is 165 Å². The molecule has 0 bridgehead atoms. The molecule has 0 aromatic heterocycles. The molecule has 0 aliphatic carbocycles. The number of hydrogen-bond acceptors (Lipinski definition) is 5. The molecular weight excluding hydrogens is 354 g/mol. The molecule has 0 N–H and O–H groups in total. The van der Waals surface area contributed by atoms with Gasteiger partial charge in [-0.15, -0.1) is 0 Å². The van der Waals surface area contributed by atoms with E-state index in [1.807, 2.05) is 35.2 Å². The molecule has 2 heterocycles. The minimum absolute atomic E-state index is 0.0339. The zero-order chi connectivity index (χ0) is 19.3. The number of methoxy groups -OCH3 is 1. The van der Waals surface area contributed by atoms with Crippen molar-refractivity contribution in [1.29, 1.82) is 0 Å². The van der Waals surface area contributed by atoms with E-state index < -0.39 is 6.10 Å². The highest BCUT2D eigenvalue weighted by Gasteiger charge is 2.33. The van der Waals surface area contributed by atoms with E-state index in [9.17, 15) is 4.79 Å². The minimum atomic E-state index is -0.516. The van der Waals surface area contributed by atoms with Crippen molar-refractivity contribution >= 4 is 11.6 Å². The number of oxime groups is 1. The van der Waals surface area contributed by atoms with Crippen LogP contribution in [-0.4, -0.2) is 60.8 Å². The lowest BCUT2D eigenvalue weighted by Crippen LogP contribution is -2.51. The van der Waals surface area contributed by atoms with Crippen LogP contribution in [0, 0.1) is 0 Å². The number of carbonyl (C=O) groups excluding carboxylic acids is 1. The number of hydrogen-bond donors (Lipinski definition) is 0. The lowest BCUT2D eigenvalue weighted by molar-refractivity contribution is -0.143. The van der Waals surface area contributed by atoms with Gasteiger partial charge < -0.3 is 14.5 Å². The first-order chi connectivity index (χ1) is 13.7. The smallest absolute Gasteiger partial charge is 0.266 e. The normalized spacial score (nSPS) is 19.8. The molecule has 1 unspecified atom stereocenters. The maximum absolute atomic E-state index is 12.8. The minimum Gasteiger partial charge on any atom is -0.497 e. The molecule has 1 amide bonds. The summed E-state index contributed by atoms with van der Waals surface area (Å²) >= 11 is 0. The van der Waals surface area contributed by atoms with Gasteiger partial charge in [-0.25, -0.2) is 0 Å². The zero-order valence-corrected chi connectivity index (χ0v) is 16.1. The molecule has 1 saturated heterocycles. The third-order valence-electron chi connectivity index (χ3n) is 5.30. The van der Waals surface area contributed by atoms with Crippen LogP contribution in [0.1, 0.15) is 17.5 Å². The molecule has 146 valence electrons. The second kappa shape index (κ2) is 8.44. The average molecular weight is 379 g/mol. The van der Waals surface area contributed by atoms with Crippen molar-refractivity contribution in [3.05, 3.63) is 65.7 Å². The van der Waals surface area contributed by atoms with E-state index in [4.69, 9.17) is 9.57 Å². The first kappa shape index (κ1) is 18.5. The second-order valence-electron chi connectivity index (χ2n) is 7.15. The van der Waals surface area contributed by atoms with Crippen molar-refractivity contribution in [2.75, 3.05) is 33.3 Å². The fraction of sp³-hybridized carbons (Fsp3) is 0.364. The van der Waals surface area contributed by atoms with E-state index in [0.717, 1.165) is 49.7 Å². The first-order valence-electron chi connectivity index (χ1n) is 9.65. The Bertz CT molecular complexity index is 828. The predicted octanol–water partition coefficient (Wildman–Crippen LogP) is 2.53. The first-order valence-corrected chi connectivity index (χ1v) is 9.65. The molecule has 4 rings (SSSR count). The lowest BCUT2D eigenvalue weighted by atomic mass is 10.0. The van der Waals surface area contributed by atoms with E-state index >= 15 is 0 Å². The Morgan fingerprint density at radius 1 is 1.07 bits per heavy atom. The summed E-state index contributed by atoms with van der Waals surface area (Å²) < 4.78 is 5.18. The molecule has 0 saturated carbocycles. The van der Waals surface area contributed by atoms with E-state index in [1.165, 1.54) is 5.56 Å². The molecule has 0 spiro atoms. The summed E-state index contributed by atoms with van der Waals surface area (Å²) in [7, 11) is 1.64. The van der Waals surface area contributed by atoms with Crippen LogP contribution >= 0.6 is 0 Å². The molecular formula is C22H25N3O3. The van der Waals surface area contributed by atoms with Crippen LogP contribution < -0.4 is 4.74 Å². The van der Waals surface area contributed by atoms with Crippen LogP contribution in [0.25, 0.3) is 0 Å². The molecule has 2 aromatic rings. The Morgan fingerprint density at radius 3 is 2.46 bits per heavy atom. The third kappa shape index (κ3) is 4.17. The van der Waals surface area contributed by atoms with Gasteiger partial charge in [0.2, 0.25) is 6.10 Å². The monoisotopic (exact) mass is 379 g/mol. The van der Waals surface area contributed by atoms with Crippen molar-refractivity contribution in [1.82, 2.24) is 9.80 Å². The molecule has 0 radical (unpaired) electrons. The fourth-order valence-corrected chi connectivity index (χ4v) is 3.64. The summed E-state index contributed by atoms with van der Waals surface area (Å²) in [4.78, 5) is 22.6.